The van der Waals surface area contributed by atoms with Crippen LogP contribution < -0.4 is 5.32 Å². The highest BCUT2D eigenvalue weighted by Crippen LogP contribution is 2.22. The molecular weight excluding hydrogens is 375 g/mol. The van der Waals surface area contributed by atoms with Crippen LogP contribution in [0.15, 0.2) is 60.0 Å². The van der Waals surface area contributed by atoms with Crippen molar-refractivity contribution in [1.29, 1.82) is 0 Å². The van der Waals surface area contributed by atoms with Gasteiger partial charge in [-0.05, 0) is 42.8 Å². The number of amides is 1. The molecule has 3 aromatic rings. The number of nitrogens with zero attached hydrogens (tertiary/aromatic N) is 3. The smallest absolute Gasteiger partial charge is 0.230 e. The predicted octanol–water partition coefficient (Wildman–Crippen LogP) is 4.03. The van der Waals surface area contributed by atoms with Gasteiger partial charge in [0.1, 0.15) is 12.1 Å². The van der Waals surface area contributed by atoms with Crippen molar-refractivity contribution < 1.29 is 9.18 Å². The summed E-state index contributed by atoms with van der Waals surface area (Å²) >= 11 is 7.29. The minimum atomic E-state index is -0.303. The minimum Gasteiger partial charge on any atom is -0.349 e. The second-order valence-electron chi connectivity index (χ2n) is 5.59. The van der Waals surface area contributed by atoms with E-state index in [1.54, 1.807) is 35.2 Å². The molecule has 26 heavy (non-hydrogen) atoms. The first-order chi connectivity index (χ1) is 12.5. The summed E-state index contributed by atoms with van der Waals surface area (Å²) in [6, 6.07) is 13.2. The van der Waals surface area contributed by atoms with E-state index in [2.05, 4.69) is 15.5 Å². The molecule has 0 aliphatic carbocycles. The molecule has 0 fully saturated rings. The molecule has 5 nitrogen and oxygen atoms in total. The van der Waals surface area contributed by atoms with E-state index in [-0.39, 0.29) is 23.5 Å². The maximum absolute atomic E-state index is 13.0. The zero-order valence-electron chi connectivity index (χ0n) is 13.9. The number of aromatic nitrogens is 3. The lowest BCUT2D eigenvalue weighted by Crippen LogP contribution is -2.28. The Hall–Kier alpha value is -2.38. The van der Waals surface area contributed by atoms with Crippen LogP contribution >= 0.6 is 23.4 Å². The van der Waals surface area contributed by atoms with Crippen LogP contribution in [-0.2, 0) is 4.79 Å². The highest BCUT2D eigenvalue weighted by atomic mass is 35.5. The molecule has 1 amide bonds. The summed E-state index contributed by atoms with van der Waals surface area (Å²) in [5.41, 5.74) is 1.66. The lowest BCUT2D eigenvalue weighted by Gasteiger charge is -2.14. The van der Waals surface area contributed by atoms with Gasteiger partial charge in [-0.2, -0.15) is 0 Å². The van der Waals surface area contributed by atoms with Crippen LogP contribution in [0.4, 0.5) is 4.39 Å². The van der Waals surface area contributed by atoms with Crippen molar-refractivity contribution in [3.05, 3.63) is 71.3 Å². The summed E-state index contributed by atoms with van der Waals surface area (Å²) in [4.78, 5) is 12.2. The Bertz CT molecular complexity index is 900. The number of carbonyl (C=O) groups is 1. The summed E-state index contributed by atoms with van der Waals surface area (Å²) in [7, 11) is 0. The molecule has 0 radical (unpaired) electrons. The fourth-order valence-electron chi connectivity index (χ4n) is 2.37. The first-order valence-electron chi connectivity index (χ1n) is 7.86. The van der Waals surface area contributed by atoms with Gasteiger partial charge in [0.05, 0.1) is 17.5 Å². The van der Waals surface area contributed by atoms with Crippen LogP contribution in [0.1, 0.15) is 18.5 Å². The molecule has 1 heterocycles. The number of carbonyl (C=O) groups excluding carboxylic acids is 1. The fourth-order valence-corrected chi connectivity index (χ4v) is 3.30. The molecule has 0 spiro atoms. The minimum absolute atomic E-state index is 0.146. The van der Waals surface area contributed by atoms with Crippen molar-refractivity contribution >= 4 is 29.3 Å². The Morgan fingerprint density at radius 3 is 2.81 bits per heavy atom. The molecule has 134 valence electrons. The lowest BCUT2D eigenvalue weighted by molar-refractivity contribution is -0.119. The highest BCUT2D eigenvalue weighted by Gasteiger charge is 2.13. The molecule has 1 atom stereocenters. The molecule has 0 saturated carbocycles. The summed E-state index contributed by atoms with van der Waals surface area (Å²) in [5, 5.41) is 12.0. The van der Waals surface area contributed by atoms with E-state index >= 15 is 0 Å². The van der Waals surface area contributed by atoms with Gasteiger partial charge >= 0.3 is 0 Å². The quantitative estimate of drug-likeness (QED) is 0.645. The largest absolute Gasteiger partial charge is 0.349 e. The first-order valence-corrected chi connectivity index (χ1v) is 9.23. The maximum Gasteiger partial charge on any atom is 0.230 e. The van der Waals surface area contributed by atoms with Gasteiger partial charge in [-0.3, -0.25) is 9.36 Å². The molecule has 2 aromatic carbocycles. The molecule has 0 aliphatic rings. The normalized spacial score (nSPS) is 12.0. The number of hydrogen-bond donors (Lipinski definition) is 1. The van der Waals surface area contributed by atoms with Gasteiger partial charge in [-0.15, -0.1) is 10.2 Å². The second kappa shape index (κ2) is 8.33. The third-order valence-electron chi connectivity index (χ3n) is 3.68. The molecule has 8 heteroatoms. The summed E-state index contributed by atoms with van der Waals surface area (Å²) in [5.74, 6) is -0.263. The van der Waals surface area contributed by atoms with E-state index in [1.165, 1.54) is 23.9 Å². The van der Waals surface area contributed by atoms with Gasteiger partial charge in [0.25, 0.3) is 0 Å². The monoisotopic (exact) mass is 390 g/mol. The number of halogens is 2. The number of benzene rings is 2. The van der Waals surface area contributed by atoms with Gasteiger partial charge in [-0.1, -0.05) is 41.6 Å². The summed E-state index contributed by atoms with van der Waals surface area (Å²) in [6.45, 7) is 1.85. The Morgan fingerprint density at radius 2 is 2.08 bits per heavy atom. The number of rotatable bonds is 6. The van der Waals surface area contributed by atoms with Gasteiger partial charge in [-0.25, -0.2) is 4.39 Å². The Labute approximate surface area is 159 Å². The SMILES string of the molecule is CC(NC(=O)CSc1nncn1-c1cccc(Cl)c1)c1ccc(F)cc1. The van der Waals surface area contributed by atoms with Crippen molar-refractivity contribution in [2.45, 2.75) is 18.1 Å². The lowest BCUT2D eigenvalue weighted by atomic mass is 10.1. The van der Waals surface area contributed by atoms with Gasteiger partial charge in [0, 0.05) is 5.02 Å². The van der Waals surface area contributed by atoms with Crippen molar-refractivity contribution in [2.75, 3.05) is 5.75 Å². The molecule has 3 rings (SSSR count). The zero-order chi connectivity index (χ0) is 18.5. The van der Waals surface area contributed by atoms with E-state index in [0.717, 1.165) is 11.3 Å². The maximum atomic E-state index is 13.0. The molecule has 0 aliphatic heterocycles. The van der Waals surface area contributed by atoms with E-state index < -0.39 is 0 Å². The Kier molecular flexibility index (Phi) is 5.90. The molecule has 1 unspecified atom stereocenters. The van der Waals surface area contributed by atoms with Crippen molar-refractivity contribution in [3.63, 3.8) is 0 Å². The highest BCUT2D eigenvalue weighted by molar-refractivity contribution is 7.99. The Morgan fingerprint density at radius 1 is 1.31 bits per heavy atom. The number of hydrogen-bond acceptors (Lipinski definition) is 4. The van der Waals surface area contributed by atoms with E-state index in [4.69, 9.17) is 11.6 Å². The van der Waals surface area contributed by atoms with Crippen LogP contribution in [0.5, 0.6) is 0 Å². The average molecular weight is 391 g/mol. The average Bonchev–Trinajstić information content (AvgIpc) is 3.09. The molecular formula is C18H16ClFN4OS. The third kappa shape index (κ3) is 4.62. The standard InChI is InChI=1S/C18H16ClFN4OS/c1-12(13-5-7-15(20)8-6-13)22-17(25)10-26-18-23-21-11-24(18)16-4-2-3-14(19)9-16/h2-9,11-12H,10H2,1H3,(H,22,25). The van der Waals surface area contributed by atoms with Crippen LogP contribution in [0.25, 0.3) is 5.69 Å². The number of nitrogens with one attached hydrogen (secondary N) is 1. The van der Waals surface area contributed by atoms with Crippen molar-refractivity contribution in [2.24, 2.45) is 0 Å². The topological polar surface area (TPSA) is 59.8 Å². The van der Waals surface area contributed by atoms with Crippen LogP contribution in [0.2, 0.25) is 5.02 Å². The fraction of sp³-hybridized carbons (Fsp3) is 0.167. The van der Waals surface area contributed by atoms with Crippen LogP contribution in [0, 0.1) is 5.82 Å². The van der Waals surface area contributed by atoms with Crippen molar-refractivity contribution in [3.8, 4) is 5.69 Å². The van der Waals surface area contributed by atoms with Gasteiger partial charge in [0.2, 0.25) is 5.91 Å². The predicted molar refractivity (Wildman–Crippen MR) is 100 cm³/mol. The van der Waals surface area contributed by atoms with Crippen LogP contribution in [0.3, 0.4) is 0 Å². The zero-order valence-corrected chi connectivity index (χ0v) is 15.5. The Balaban J connectivity index is 1.60. The van der Waals surface area contributed by atoms with E-state index in [9.17, 15) is 9.18 Å². The van der Waals surface area contributed by atoms with E-state index in [1.807, 2.05) is 19.1 Å². The summed E-state index contributed by atoms with van der Waals surface area (Å²) < 4.78 is 14.8. The van der Waals surface area contributed by atoms with Gasteiger partial charge < -0.3 is 5.32 Å². The molecule has 1 N–H and O–H groups in total. The molecule has 0 saturated heterocycles. The number of thioether (sulfide) groups is 1. The van der Waals surface area contributed by atoms with Crippen molar-refractivity contribution in [1.82, 2.24) is 20.1 Å². The second-order valence-corrected chi connectivity index (χ2v) is 6.97. The van der Waals surface area contributed by atoms with Gasteiger partial charge in [0.15, 0.2) is 5.16 Å². The molecule has 0 bridgehead atoms. The van der Waals surface area contributed by atoms with Crippen LogP contribution in [-0.4, -0.2) is 26.4 Å². The summed E-state index contributed by atoms with van der Waals surface area (Å²) in [6.07, 6.45) is 1.58. The first kappa shape index (κ1) is 18.4. The third-order valence-corrected chi connectivity index (χ3v) is 4.86. The van der Waals surface area contributed by atoms with E-state index in [0.29, 0.717) is 10.2 Å². The molecule has 1 aromatic heterocycles.